The van der Waals surface area contributed by atoms with Gasteiger partial charge in [-0.3, -0.25) is 14.9 Å². The Kier molecular flexibility index (Phi) is 6.47. The van der Waals surface area contributed by atoms with Crippen LogP contribution in [-0.2, 0) is 20.6 Å². The fourth-order valence-electron chi connectivity index (χ4n) is 3.37. The third-order valence-electron chi connectivity index (χ3n) is 5.17. The zero-order valence-corrected chi connectivity index (χ0v) is 17.2. The lowest BCUT2D eigenvalue weighted by Gasteiger charge is -2.30. The molecule has 0 spiro atoms. The number of nitro groups is 1. The molecule has 0 bridgehead atoms. The van der Waals surface area contributed by atoms with Crippen LogP contribution in [0.3, 0.4) is 0 Å². The van der Waals surface area contributed by atoms with Crippen LogP contribution in [0, 0.1) is 28.8 Å². The topological polar surface area (TPSA) is 110 Å². The van der Waals surface area contributed by atoms with Crippen LogP contribution in [0.25, 0.3) is 0 Å². The highest BCUT2D eigenvalue weighted by atomic mass is 32.2. The third-order valence-corrected chi connectivity index (χ3v) is 7.02. The minimum absolute atomic E-state index is 0.113. The van der Waals surface area contributed by atoms with Gasteiger partial charge in [0, 0.05) is 31.1 Å². The number of carbonyl (C=O) groups is 1. The molecule has 3 rings (SSSR count). The van der Waals surface area contributed by atoms with Gasteiger partial charge in [0.25, 0.3) is 5.69 Å². The average Bonchev–Trinajstić information content (AvgIpc) is 2.71. The molecule has 0 saturated carbocycles. The quantitative estimate of drug-likeness (QED) is 0.553. The molecule has 160 valence electrons. The summed E-state index contributed by atoms with van der Waals surface area (Å²) in [4.78, 5) is 23.0. The smallest absolute Gasteiger partial charge is 0.271 e. The molecule has 1 aliphatic heterocycles. The van der Waals surface area contributed by atoms with Gasteiger partial charge >= 0.3 is 0 Å². The van der Waals surface area contributed by atoms with Crippen molar-refractivity contribution < 1.29 is 22.5 Å². The first-order chi connectivity index (χ1) is 14.2. The van der Waals surface area contributed by atoms with Gasteiger partial charge in [0.05, 0.1) is 16.4 Å². The number of nitrogens with zero attached hydrogens (tertiary/aromatic N) is 2. The molecule has 30 heavy (non-hydrogen) atoms. The number of hydrogen-bond donors (Lipinski definition) is 1. The van der Waals surface area contributed by atoms with Gasteiger partial charge in [0.1, 0.15) is 5.82 Å². The van der Waals surface area contributed by atoms with Crippen molar-refractivity contribution >= 4 is 27.3 Å². The Morgan fingerprint density at radius 1 is 1.20 bits per heavy atom. The standard InChI is InChI=1S/C20H22FN3O5S/c1-14-2-7-18(24(26)27)12-19(14)22-20(25)16-8-10-23(11-9-16)30(28,29)13-15-3-5-17(21)6-4-15/h2-7,12,16H,8-11,13H2,1H3,(H,22,25). The van der Waals surface area contributed by atoms with Crippen LogP contribution in [0.15, 0.2) is 42.5 Å². The number of sulfonamides is 1. The normalized spacial score (nSPS) is 15.7. The van der Waals surface area contributed by atoms with E-state index >= 15 is 0 Å². The Hall–Kier alpha value is -2.85. The summed E-state index contributed by atoms with van der Waals surface area (Å²) in [5.74, 6) is -1.33. The summed E-state index contributed by atoms with van der Waals surface area (Å²) in [6, 6.07) is 9.57. The molecule has 1 saturated heterocycles. The highest BCUT2D eigenvalue weighted by Gasteiger charge is 2.31. The third kappa shape index (κ3) is 5.19. The summed E-state index contributed by atoms with van der Waals surface area (Å²) in [5.41, 5.74) is 1.46. The minimum Gasteiger partial charge on any atom is -0.325 e. The van der Waals surface area contributed by atoms with Gasteiger partial charge < -0.3 is 5.32 Å². The van der Waals surface area contributed by atoms with Crippen molar-refractivity contribution in [3.63, 3.8) is 0 Å². The lowest BCUT2D eigenvalue weighted by atomic mass is 9.97. The molecule has 2 aromatic carbocycles. The minimum atomic E-state index is -3.57. The summed E-state index contributed by atoms with van der Waals surface area (Å²) < 4.78 is 39.6. The maximum absolute atomic E-state index is 13.0. The number of benzene rings is 2. The Bertz CT molecular complexity index is 1050. The molecule has 0 aliphatic carbocycles. The predicted molar refractivity (Wildman–Crippen MR) is 110 cm³/mol. The van der Waals surface area contributed by atoms with E-state index in [-0.39, 0.29) is 36.4 Å². The van der Waals surface area contributed by atoms with Crippen LogP contribution in [-0.4, -0.2) is 36.6 Å². The Balaban J connectivity index is 1.59. The number of piperidine rings is 1. The van der Waals surface area contributed by atoms with Crippen LogP contribution in [0.2, 0.25) is 0 Å². The molecular weight excluding hydrogens is 413 g/mol. The molecule has 10 heteroatoms. The second-order valence-electron chi connectivity index (χ2n) is 7.30. The van der Waals surface area contributed by atoms with Crippen LogP contribution in [0.5, 0.6) is 0 Å². The fourth-order valence-corrected chi connectivity index (χ4v) is 4.94. The number of halogens is 1. The van der Waals surface area contributed by atoms with Gasteiger partial charge in [-0.15, -0.1) is 0 Å². The second-order valence-corrected chi connectivity index (χ2v) is 9.27. The number of carbonyl (C=O) groups excluding carboxylic acids is 1. The van der Waals surface area contributed by atoms with Crippen LogP contribution >= 0.6 is 0 Å². The van der Waals surface area contributed by atoms with E-state index < -0.39 is 20.8 Å². The molecule has 1 heterocycles. The van der Waals surface area contributed by atoms with E-state index in [0.717, 1.165) is 0 Å². The molecule has 8 nitrogen and oxygen atoms in total. The molecule has 0 radical (unpaired) electrons. The highest BCUT2D eigenvalue weighted by molar-refractivity contribution is 7.88. The Morgan fingerprint density at radius 3 is 2.43 bits per heavy atom. The number of rotatable bonds is 6. The van der Waals surface area contributed by atoms with Gasteiger partial charge in [0.15, 0.2) is 0 Å². The van der Waals surface area contributed by atoms with E-state index in [4.69, 9.17) is 0 Å². The van der Waals surface area contributed by atoms with Crippen molar-refractivity contribution in [2.45, 2.75) is 25.5 Å². The number of hydrogen-bond acceptors (Lipinski definition) is 5. The first-order valence-electron chi connectivity index (χ1n) is 9.44. The van der Waals surface area contributed by atoms with E-state index in [1.165, 1.54) is 40.7 Å². The van der Waals surface area contributed by atoms with E-state index in [1.807, 2.05) is 0 Å². The van der Waals surface area contributed by atoms with Crippen LogP contribution < -0.4 is 5.32 Å². The Morgan fingerprint density at radius 2 is 1.83 bits per heavy atom. The molecule has 1 N–H and O–H groups in total. The predicted octanol–water partition coefficient (Wildman–Crippen LogP) is 3.22. The average molecular weight is 435 g/mol. The molecular formula is C20H22FN3O5S. The maximum Gasteiger partial charge on any atom is 0.271 e. The number of nitrogens with one attached hydrogen (secondary N) is 1. The summed E-state index contributed by atoms with van der Waals surface area (Å²) in [7, 11) is -3.57. The molecule has 1 amide bonds. The zero-order valence-electron chi connectivity index (χ0n) is 16.4. The largest absolute Gasteiger partial charge is 0.325 e. The second kappa shape index (κ2) is 8.88. The van der Waals surface area contributed by atoms with Crippen LogP contribution in [0.1, 0.15) is 24.0 Å². The zero-order chi connectivity index (χ0) is 21.9. The van der Waals surface area contributed by atoms with Crippen molar-refractivity contribution in [1.82, 2.24) is 4.31 Å². The highest BCUT2D eigenvalue weighted by Crippen LogP contribution is 2.26. The molecule has 1 aliphatic rings. The summed E-state index contributed by atoms with van der Waals surface area (Å²) in [5, 5.41) is 13.7. The van der Waals surface area contributed by atoms with Gasteiger partial charge in [-0.25, -0.2) is 17.1 Å². The van der Waals surface area contributed by atoms with Crippen molar-refractivity contribution in [3.8, 4) is 0 Å². The van der Waals surface area contributed by atoms with E-state index in [1.54, 1.807) is 13.0 Å². The number of nitro benzene ring substituents is 1. The molecule has 1 fully saturated rings. The van der Waals surface area contributed by atoms with Gasteiger partial charge in [0.2, 0.25) is 15.9 Å². The van der Waals surface area contributed by atoms with Crippen LogP contribution in [0.4, 0.5) is 15.8 Å². The van der Waals surface area contributed by atoms with E-state index in [0.29, 0.717) is 29.7 Å². The number of anilines is 1. The molecule has 0 unspecified atom stereocenters. The summed E-state index contributed by atoms with van der Waals surface area (Å²) in [6.07, 6.45) is 0.699. The summed E-state index contributed by atoms with van der Waals surface area (Å²) >= 11 is 0. The van der Waals surface area contributed by atoms with Gasteiger partial charge in [-0.2, -0.15) is 0 Å². The lowest BCUT2D eigenvalue weighted by Crippen LogP contribution is -2.41. The monoisotopic (exact) mass is 435 g/mol. The number of amides is 1. The lowest BCUT2D eigenvalue weighted by molar-refractivity contribution is -0.384. The van der Waals surface area contributed by atoms with Crippen molar-refractivity contribution in [2.75, 3.05) is 18.4 Å². The fraction of sp³-hybridized carbons (Fsp3) is 0.350. The molecule has 0 aromatic heterocycles. The molecule has 2 aromatic rings. The van der Waals surface area contributed by atoms with Gasteiger partial charge in [-0.05, 0) is 43.0 Å². The van der Waals surface area contributed by atoms with E-state index in [9.17, 15) is 27.7 Å². The summed E-state index contributed by atoms with van der Waals surface area (Å²) in [6.45, 7) is 2.15. The van der Waals surface area contributed by atoms with Crippen molar-refractivity contribution in [3.05, 3.63) is 69.5 Å². The molecule has 0 atom stereocenters. The number of non-ortho nitro benzene ring substituents is 1. The van der Waals surface area contributed by atoms with E-state index in [2.05, 4.69) is 5.32 Å². The number of aryl methyl sites for hydroxylation is 1. The van der Waals surface area contributed by atoms with Crippen molar-refractivity contribution in [1.29, 1.82) is 0 Å². The Labute approximate surface area is 173 Å². The SMILES string of the molecule is Cc1ccc([N+](=O)[O-])cc1NC(=O)C1CCN(S(=O)(=O)Cc2ccc(F)cc2)CC1. The first kappa shape index (κ1) is 21.8. The maximum atomic E-state index is 13.0. The first-order valence-corrected chi connectivity index (χ1v) is 11.0. The van der Waals surface area contributed by atoms with Gasteiger partial charge in [-0.1, -0.05) is 18.2 Å². The van der Waals surface area contributed by atoms with Crippen molar-refractivity contribution in [2.24, 2.45) is 5.92 Å².